The Bertz CT molecular complexity index is 363. The monoisotopic (exact) mass is 253 g/mol. The van der Waals surface area contributed by atoms with E-state index in [1.807, 2.05) is 10.9 Å². The summed E-state index contributed by atoms with van der Waals surface area (Å²) in [5.41, 5.74) is 1.37. The number of nitrogens with zero attached hydrogens (tertiary/aromatic N) is 2. The highest BCUT2D eigenvalue weighted by molar-refractivity contribution is 5.04. The quantitative estimate of drug-likeness (QED) is 0.816. The van der Waals surface area contributed by atoms with Crippen molar-refractivity contribution in [2.24, 2.45) is 5.41 Å². The van der Waals surface area contributed by atoms with Gasteiger partial charge < -0.3 is 10.4 Å². The fraction of sp³-hybridized carbons (Fsp3) is 0.786. The molecule has 0 unspecified atom stereocenters. The minimum Gasteiger partial charge on any atom is -0.396 e. The summed E-state index contributed by atoms with van der Waals surface area (Å²) in [7, 11) is 0. The summed E-state index contributed by atoms with van der Waals surface area (Å²) in [6.07, 6.45) is 4.82. The molecule has 0 amide bonds. The van der Waals surface area contributed by atoms with Crippen LogP contribution in [-0.2, 0) is 12.1 Å². The van der Waals surface area contributed by atoms with Crippen LogP contribution in [0.4, 0.5) is 0 Å². The van der Waals surface area contributed by atoms with E-state index in [0.29, 0.717) is 0 Å². The molecule has 104 valence electrons. The van der Waals surface area contributed by atoms with Crippen molar-refractivity contribution in [2.45, 2.75) is 53.1 Å². The third kappa shape index (κ3) is 4.78. The number of rotatable bonds is 6. The Balaban J connectivity index is 2.43. The van der Waals surface area contributed by atoms with E-state index in [1.54, 1.807) is 0 Å². The van der Waals surface area contributed by atoms with Crippen molar-refractivity contribution in [1.82, 2.24) is 15.1 Å². The predicted molar refractivity (Wildman–Crippen MR) is 74.4 cm³/mol. The first-order valence-electron chi connectivity index (χ1n) is 6.60. The van der Waals surface area contributed by atoms with Gasteiger partial charge >= 0.3 is 0 Å². The first kappa shape index (κ1) is 15.2. The lowest BCUT2D eigenvalue weighted by Gasteiger charge is -2.23. The summed E-state index contributed by atoms with van der Waals surface area (Å²) in [6.45, 7) is 12.7. The van der Waals surface area contributed by atoms with E-state index in [4.69, 9.17) is 5.11 Å². The Kier molecular flexibility index (Phi) is 4.93. The van der Waals surface area contributed by atoms with Gasteiger partial charge in [-0.25, -0.2) is 0 Å². The summed E-state index contributed by atoms with van der Waals surface area (Å²) in [5, 5.41) is 16.8. The van der Waals surface area contributed by atoms with Gasteiger partial charge in [0.25, 0.3) is 0 Å². The van der Waals surface area contributed by atoms with Gasteiger partial charge in [0, 0.05) is 31.5 Å². The standard InChI is InChI=1S/C14H27N3O/c1-13(2,3)17-10-12(9-16-17)8-15-11-14(4,5)6-7-18/h9-10,15,18H,6-8,11H2,1-5H3. The van der Waals surface area contributed by atoms with Crippen molar-refractivity contribution in [2.75, 3.05) is 13.2 Å². The van der Waals surface area contributed by atoms with Crippen LogP contribution >= 0.6 is 0 Å². The molecular formula is C14H27N3O. The SMILES string of the molecule is CC(C)(CCO)CNCc1cnn(C(C)(C)C)c1. The van der Waals surface area contributed by atoms with Gasteiger partial charge in [0.15, 0.2) is 0 Å². The number of aliphatic hydroxyl groups is 1. The van der Waals surface area contributed by atoms with Crippen molar-refractivity contribution < 1.29 is 5.11 Å². The average Bonchev–Trinajstić information content (AvgIpc) is 2.65. The lowest BCUT2D eigenvalue weighted by Crippen LogP contribution is -2.29. The summed E-state index contributed by atoms with van der Waals surface area (Å²) >= 11 is 0. The molecule has 0 radical (unpaired) electrons. The molecule has 1 aromatic rings. The molecule has 18 heavy (non-hydrogen) atoms. The molecule has 0 aliphatic rings. The first-order chi connectivity index (χ1) is 8.24. The normalized spacial score (nSPS) is 13.0. The topological polar surface area (TPSA) is 50.1 Å². The molecule has 1 rings (SSSR count). The first-order valence-corrected chi connectivity index (χ1v) is 6.60. The molecular weight excluding hydrogens is 226 g/mol. The van der Waals surface area contributed by atoms with Gasteiger partial charge in [0.1, 0.15) is 0 Å². The second kappa shape index (κ2) is 5.85. The summed E-state index contributed by atoms with van der Waals surface area (Å²) in [6, 6.07) is 0. The van der Waals surface area contributed by atoms with Crippen molar-refractivity contribution in [3.05, 3.63) is 18.0 Å². The zero-order valence-electron chi connectivity index (χ0n) is 12.3. The molecule has 0 aliphatic carbocycles. The van der Waals surface area contributed by atoms with Crippen LogP contribution < -0.4 is 5.32 Å². The lowest BCUT2D eigenvalue weighted by atomic mass is 9.90. The molecule has 0 saturated carbocycles. The molecule has 2 N–H and O–H groups in total. The van der Waals surface area contributed by atoms with E-state index in [2.05, 4.69) is 51.2 Å². The van der Waals surface area contributed by atoms with Crippen LogP contribution in [0.3, 0.4) is 0 Å². The van der Waals surface area contributed by atoms with E-state index >= 15 is 0 Å². The Hall–Kier alpha value is -0.870. The molecule has 0 fully saturated rings. The van der Waals surface area contributed by atoms with Crippen molar-refractivity contribution in [1.29, 1.82) is 0 Å². The minimum absolute atomic E-state index is 0.0361. The zero-order valence-corrected chi connectivity index (χ0v) is 12.3. The molecule has 1 aromatic heterocycles. The van der Waals surface area contributed by atoms with Crippen molar-refractivity contribution in [3.8, 4) is 0 Å². The maximum atomic E-state index is 8.97. The van der Waals surface area contributed by atoms with Crippen LogP contribution in [0.25, 0.3) is 0 Å². The fourth-order valence-corrected chi connectivity index (χ4v) is 1.75. The molecule has 1 heterocycles. The van der Waals surface area contributed by atoms with Crippen LogP contribution in [0, 0.1) is 5.41 Å². The van der Waals surface area contributed by atoms with E-state index in [1.165, 1.54) is 5.56 Å². The van der Waals surface area contributed by atoms with Gasteiger partial charge in [-0.1, -0.05) is 13.8 Å². The van der Waals surface area contributed by atoms with Crippen LogP contribution in [0.5, 0.6) is 0 Å². The number of nitrogens with one attached hydrogen (secondary N) is 1. The highest BCUT2D eigenvalue weighted by Crippen LogP contribution is 2.18. The van der Waals surface area contributed by atoms with Crippen LogP contribution in [0.15, 0.2) is 12.4 Å². The third-order valence-corrected chi connectivity index (χ3v) is 3.04. The Morgan fingerprint density at radius 1 is 1.28 bits per heavy atom. The van der Waals surface area contributed by atoms with Gasteiger partial charge in [-0.2, -0.15) is 5.10 Å². The third-order valence-electron chi connectivity index (χ3n) is 3.04. The lowest BCUT2D eigenvalue weighted by molar-refractivity contribution is 0.207. The number of aromatic nitrogens is 2. The van der Waals surface area contributed by atoms with Gasteiger partial charge in [-0.15, -0.1) is 0 Å². The number of hydrogen-bond donors (Lipinski definition) is 2. The Labute approximate surface area is 110 Å². The summed E-state index contributed by atoms with van der Waals surface area (Å²) in [4.78, 5) is 0. The minimum atomic E-state index is 0.0361. The second-order valence-electron chi connectivity index (χ2n) is 6.71. The highest BCUT2D eigenvalue weighted by atomic mass is 16.3. The van der Waals surface area contributed by atoms with Crippen molar-refractivity contribution in [3.63, 3.8) is 0 Å². The molecule has 0 aliphatic heterocycles. The maximum absolute atomic E-state index is 8.97. The van der Waals surface area contributed by atoms with E-state index in [9.17, 15) is 0 Å². The van der Waals surface area contributed by atoms with Crippen molar-refractivity contribution >= 4 is 0 Å². The van der Waals surface area contributed by atoms with Crippen LogP contribution in [-0.4, -0.2) is 28.0 Å². The van der Waals surface area contributed by atoms with Crippen LogP contribution in [0.1, 0.15) is 46.6 Å². The highest BCUT2D eigenvalue weighted by Gasteiger charge is 2.17. The average molecular weight is 253 g/mol. The Morgan fingerprint density at radius 2 is 1.94 bits per heavy atom. The molecule has 0 atom stereocenters. The largest absolute Gasteiger partial charge is 0.396 e. The molecule has 4 nitrogen and oxygen atoms in total. The molecule has 0 bridgehead atoms. The molecule has 0 aromatic carbocycles. The van der Waals surface area contributed by atoms with Gasteiger partial charge in [0.05, 0.1) is 11.7 Å². The van der Waals surface area contributed by atoms with E-state index < -0.39 is 0 Å². The summed E-state index contributed by atoms with van der Waals surface area (Å²) < 4.78 is 1.99. The predicted octanol–water partition coefficient (Wildman–Crippen LogP) is 2.14. The Morgan fingerprint density at radius 3 is 2.44 bits per heavy atom. The van der Waals surface area contributed by atoms with Gasteiger partial charge in [0.2, 0.25) is 0 Å². The van der Waals surface area contributed by atoms with Crippen LogP contribution in [0.2, 0.25) is 0 Å². The van der Waals surface area contributed by atoms with Gasteiger partial charge in [-0.05, 0) is 32.6 Å². The molecule has 0 spiro atoms. The number of hydrogen-bond acceptors (Lipinski definition) is 3. The zero-order chi connectivity index (χ0) is 13.8. The number of aliphatic hydroxyl groups excluding tert-OH is 1. The van der Waals surface area contributed by atoms with E-state index in [-0.39, 0.29) is 17.6 Å². The second-order valence-corrected chi connectivity index (χ2v) is 6.71. The molecule has 0 saturated heterocycles. The van der Waals surface area contributed by atoms with Gasteiger partial charge in [-0.3, -0.25) is 4.68 Å². The molecule has 4 heteroatoms. The van der Waals surface area contributed by atoms with E-state index in [0.717, 1.165) is 19.5 Å². The smallest absolute Gasteiger partial charge is 0.0543 e. The fourth-order valence-electron chi connectivity index (χ4n) is 1.75. The maximum Gasteiger partial charge on any atom is 0.0543 e. The summed E-state index contributed by atoms with van der Waals surface area (Å²) in [5.74, 6) is 0.